The molecule has 2 atom stereocenters. The van der Waals surface area contributed by atoms with E-state index in [9.17, 15) is 14.8 Å². The Morgan fingerprint density at radius 1 is 1.33 bits per heavy atom. The highest BCUT2D eigenvalue weighted by molar-refractivity contribution is 14.1. The summed E-state index contributed by atoms with van der Waals surface area (Å²) in [4.78, 5) is 32.8. The average Bonchev–Trinajstić information content (AvgIpc) is 2.73. The summed E-state index contributed by atoms with van der Waals surface area (Å²) in [6, 6.07) is 6.67. The number of carbonyl (C=O) groups is 1. The zero-order valence-corrected chi connectivity index (χ0v) is 20.2. The Hall–Kier alpha value is -1.99. The summed E-state index contributed by atoms with van der Waals surface area (Å²) >= 11 is 2.13. The van der Waals surface area contributed by atoms with Crippen molar-refractivity contribution in [2.75, 3.05) is 30.1 Å². The number of benzene rings is 1. The lowest BCUT2D eigenvalue weighted by atomic mass is 10.1. The number of hydrogen-bond acceptors (Lipinski definition) is 9. The number of aromatic nitrogens is 2. The molecule has 0 aliphatic heterocycles. The Morgan fingerprint density at radius 3 is 2.53 bits per heavy atom. The molecule has 0 fully saturated rings. The lowest BCUT2D eigenvalue weighted by Crippen LogP contribution is -2.30. The summed E-state index contributed by atoms with van der Waals surface area (Å²) in [6.07, 6.45) is 3.19. The Bertz CT molecular complexity index is 884. The summed E-state index contributed by atoms with van der Waals surface area (Å²) in [5.74, 6) is 1.23. The highest BCUT2D eigenvalue weighted by atomic mass is 127. The van der Waals surface area contributed by atoms with E-state index in [-0.39, 0.29) is 25.2 Å². The number of rotatable bonds is 9. The van der Waals surface area contributed by atoms with E-state index in [4.69, 9.17) is 4.74 Å². The Balaban J connectivity index is 2.20. The molecule has 0 radical (unpaired) electrons. The van der Waals surface area contributed by atoms with Crippen LogP contribution in [0.25, 0.3) is 0 Å². The van der Waals surface area contributed by atoms with Crippen LogP contribution in [0.1, 0.15) is 20.8 Å². The molecule has 0 spiro atoms. The average molecular weight is 547 g/mol. The van der Waals surface area contributed by atoms with Crippen LogP contribution in [-0.2, 0) is 4.74 Å². The van der Waals surface area contributed by atoms with Gasteiger partial charge in [0.1, 0.15) is 5.82 Å². The molecule has 3 N–H and O–H groups in total. The van der Waals surface area contributed by atoms with Crippen molar-refractivity contribution in [2.24, 2.45) is 10.5 Å². The maximum absolute atomic E-state index is 12.2. The van der Waals surface area contributed by atoms with Crippen molar-refractivity contribution < 1.29 is 14.6 Å². The Labute approximate surface area is 191 Å². The van der Waals surface area contributed by atoms with E-state index < -0.39 is 15.5 Å². The van der Waals surface area contributed by atoms with Gasteiger partial charge in [-0.1, -0.05) is 13.8 Å². The summed E-state index contributed by atoms with van der Waals surface area (Å²) in [5, 5.41) is 15.3. The molecule has 164 valence electrons. The minimum Gasteiger partial charge on any atom is -0.457 e. The number of aliphatic hydroxyl groups excluding tert-OH is 1. The van der Waals surface area contributed by atoms with Crippen LogP contribution in [0, 0.1) is 14.4 Å². The van der Waals surface area contributed by atoms with Gasteiger partial charge in [0.2, 0.25) is 5.95 Å². The molecule has 1 heterocycles. The second-order valence-corrected chi connectivity index (χ2v) is 10.7. The van der Waals surface area contributed by atoms with Crippen molar-refractivity contribution in [3.05, 3.63) is 38.9 Å². The third kappa shape index (κ3) is 5.79. The molecule has 0 aliphatic rings. The van der Waals surface area contributed by atoms with Gasteiger partial charge in [-0.2, -0.15) is 4.98 Å². The summed E-state index contributed by atoms with van der Waals surface area (Å²) < 4.78 is 8.91. The van der Waals surface area contributed by atoms with Crippen LogP contribution in [0.4, 0.5) is 22.2 Å². The second kappa shape index (κ2) is 10.9. The van der Waals surface area contributed by atoms with Gasteiger partial charge >= 0.3 is 5.30 Å². The van der Waals surface area contributed by atoms with Gasteiger partial charge in [0.05, 0.1) is 22.8 Å². The van der Waals surface area contributed by atoms with Crippen molar-refractivity contribution in [1.29, 1.82) is 0 Å². The number of anilines is 3. The molecule has 1 aromatic heterocycles. The molecular formula is C19H26IN5O4S. The largest absolute Gasteiger partial charge is 0.457 e. The number of carbonyl (C=O) groups excluding carboxylic acids is 1. The van der Waals surface area contributed by atoms with Crippen LogP contribution in [-0.4, -0.2) is 45.9 Å². The van der Waals surface area contributed by atoms with Gasteiger partial charge in [-0.05, 0) is 64.3 Å². The summed E-state index contributed by atoms with van der Waals surface area (Å²) in [6.45, 7) is 5.90. The van der Waals surface area contributed by atoms with Gasteiger partial charge < -0.3 is 20.5 Å². The second-order valence-electron chi connectivity index (χ2n) is 6.85. The number of nitrogens with one attached hydrogen (secondary N) is 2. The minimum atomic E-state index is -2.61. The summed E-state index contributed by atoms with van der Waals surface area (Å²) in [7, 11) is -2.61. The Morgan fingerprint density at radius 2 is 2.00 bits per heavy atom. The lowest BCUT2D eigenvalue weighted by Gasteiger charge is -2.24. The van der Waals surface area contributed by atoms with Gasteiger partial charge in [-0.15, -0.1) is 4.91 Å². The molecule has 0 aliphatic carbocycles. The van der Waals surface area contributed by atoms with E-state index in [1.165, 1.54) is 6.26 Å². The molecule has 9 nitrogen and oxygen atoms in total. The van der Waals surface area contributed by atoms with Crippen molar-refractivity contribution >= 4 is 55.6 Å². The third-order valence-electron chi connectivity index (χ3n) is 4.37. The van der Waals surface area contributed by atoms with E-state index in [0.29, 0.717) is 22.3 Å². The molecular weight excluding hydrogens is 521 g/mol. The van der Waals surface area contributed by atoms with Gasteiger partial charge in [-0.3, -0.25) is 0 Å². The predicted octanol–water partition coefficient (Wildman–Crippen LogP) is 4.88. The number of aliphatic hydroxyl groups is 1. The minimum absolute atomic E-state index is 0.00565. The van der Waals surface area contributed by atoms with Crippen LogP contribution < -0.4 is 10.6 Å². The molecule has 11 heteroatoms. The Kier molecular flexibility index (Phi) is 8.79. The molecule has 2 rings (SSSR count). The van der Waals surface area contributed by atoms with E-state index in [2.05, 4.69) is 47.8 Å². The monoisotopic (exact) mass is 547 g/mol. The van der Waals surface area contributed by atoms with Gasteiger partial charge in [0.25, 0.3) is 0 Å². The molecule has 0 saturated heterocycles. The number of ether oxygens (including phenoxy) is 1. The fourth-order valence-electron chi connectivity index (χ4n) is 2.46. The standard InChI is InChI=1S/C19H26IN5O4S/c1-5-29-19(27)30(4,25-28)14-8-6-13(7-9-14)22-18-21-10-15(20)17(24-18)23-16(11-26)12(2)3/h6-10,12,16,26H,5,11H2,1-4H3,(H2,21,22,23,24)/t16-/m0/s1. The maximum Gasteiger partial charge on any atom is 0.375 e. The summed E-state index contributed by atoms with van der Waals surface area (Å²) in [5.41, 5.74) is 0.685. The molecule has 0 amide bonds. The zero-order chi connectivity index (χ0) is 22.3. The van der Waals surface area contributed by atoms with Crippen LogP contribution in [0.15, 0.2) is 39.9 Å². The van der Waals surface area contributed by atoms with Gasteiger partial charge in [-0.25, -0.2) is 9.78 Å². The fourth-order valence-corrected chi connectivity index (χ4v) is 4.23. The predicted molar refractivity (Wildman–Crippen MR) is 128 cm³/mol. The quantitative estimate of drug-likeness (QED) is 0.230. The van der Waals surface area contributed by atoms with Crippen molar-refractivity contribution in [3.63, 3.8) is 0 Å². The zero-order valence-electron chi connectivity index (χ0n) is 17.3. The highest BCUT2D eigenvalue weighted by Gasteiger charge is 2.32. The smallest absolute Gasteiger partial charge is 0.375 e. The number of nitrogens with zero attached hydrogens (tertiary/aromatic N) is 3. The van der Waals surface area contributed by atoms with Gasteiger partial charge in [0.15, 0.2) is 0 Å². The normalized spacial score (nSPS) is 15.0. The van der Waals surface area contributed by atoms with Crippen molar-refractivity contribution in [3.8, 4) is 0 Å². The van der Waals surface area contributed by atoms with Gasteiger partial charge in [0, 0.05) is 33.2 Å². The topological polar surface area (TPSA) is 126 Å². The molecule has 2 aromatic rings. The number of hydrogen-bond donors (Lipinski definition) is 3. The number of halogens is 1. The molecule has 0 saturated carbocycles. The molecule has 1 aromatic carbocycles. The third-order valence-corrected chi connectivity index (χ3v) is 7.42. The van der Waals surface area contributed by atoms with E-state index in [0.717, 1.165) is 3.57 Å². The SMILES string of the molecule is CCOC(=O)S(C)(N=O)c1ccc(Nc2ncc(I)c(N[C@@H](CO)C(C)C)n2)cc1. The molecule has 1 unspecified atom stereocenters. The first-order valence-corrected chi connectivity index (χ1v) is 12.4. The van der Waals surface area contributed by atoms with Crippen LogP contribution in [0.2, 0.25) is 0 Å². The molecule has 0 bridgehead atoms. The van der Waals surface area contributed by atoms with Crippen LogP contribution in [0.3, 0.4) is 0 Å². The van der Waals surface area contributed by atoms with Crippen LogP contribution in [0.5, 0.6) is 0 Å². The maximum atomic E-state index is 12.2. The number of nitroso groups, excluding NO2 is 1. The van der Waals surface area contributed by atoms with E-state index in [1.54, 1.807) is 37.4 Å². The first kappa shape index (κ1) is 24.3. The van der Waals surface area contributed by atoms with E-state index in [1.807, 2.05) is 13.8 Å². The lowest BCUT2D eigenvalue weighted by molar-refractivity contribution is 0.180. The first-order valence-electron chi connectivity index (χ1n) is 9.31. The van der Waals surface area contributed by atoms with Crippen LogP contribution >= 0.6 is 32.8 Å². The van der Waals surface area contributed by atoms with Crippen molar-refractivity contribution in [2.45, 2.75) is 31.7 Å². The van der Waals surface area contributed by atoms with Crippen molar-refractivity contribution in [1.82, 2.24) is 9.97 Å². The molecule has 30 heavy (non-hydrogen) atoms. The first-order chi connectivity index (χ1) is 14.2. The fraction of sp³-hybridized carbons (Fsp3) is 0.421. The van der Waals surface area contributed by atoms with E-state index >= 15 is 0 Å². The highest BCUT2D eigenvalue weighted by Crippen LogP contribution is 2.55.